The van der Waals surface area contributed by atoms with Gasteiger partial charge in [-0.2, -0.15) is 9.94 Å². The Balaban J connectivity index is 2.25. The average Bonchev–Trinajstić information content (AvgIpc) is 3.07. The summed E-state index contributed by atoms with van der Waals surface area (Å²) in [6, 6.07) is 7.91. The predicted octanol–water partition coefficient (Wildman–Crippen LogP) is 2.40. The Morgan fingerprint density at radius 2 is 2.26 bits per heavy atom. The smallest absolute Gasteiger partial charge is 0.212 e. The van der Waals surface area contributed by atoms with Crippen LogP contribution in [0.25, 0.3) is 16.4 Å². The van der Waals surface area contributed by atoms with E-state index in [1.165, 1.54) is 28.2 Å². The van der Waals surface area contributed by atoms with Crippen LogP contribution in [0.5, 0.6) is 0 Å². The first kappa shape index (κ1) is 11.5. The Hall–Kier alpha value is -2.59. The van der Waals surface area contributed by atoms with E-state index in [2.05, 4.69) is 15.3 Å². The van der Waals surface area contributed by atoms with Gasteiger partial charge in [-0.05, 0) is 12.1 Å². The summed E-state index contributed by atoms with van der Waals surface area (Å²) in [6.45, 7) is 0. The first-order valence-electron chi connectivity index (χ1n) is 5.31. The van der Waals surface area contributed by atoms with E-state index in [0.29, 0.717) is 16.4 Å². The van der Waals surface area contributed by atoms with E-state index in [1.54, 1.807) is 23.7 Å². The van der Waals surface area contributed by atoms with Gasteiger partial charge in [-0.25, -0.2) is 9.37 Å². The van der Waals surface area contributed by atoms with Crippen molar-refractivity contribution in [2.45, 2.75) is 0 Å². The molecule has 0 aliphatic carbocycles. The van der Waals surface area contributed by atoms with Crippen molar-refractivity contribution in [3.8, 4) is 22.5 Å². The number of nitriles is 1. The Bertz CT molecular complexity index is 757. The Labute approximate surface area is 111 Å². The summed E-state index contributed by atoms with van der Waals surface area (Å²) < 4.78 is 14.8. The zero-order valence-corrected chi connectivity index (χ0v) is 10.3. The maximum absolute atomic E-state index is 13.3. The van der Waals surface area contributed by atoms with Crippen LogP contribution < -0.4 is 0 Å². The lowest BCUT2D eigenvalue weighted by atomic mass is 10.1. The molecule has 0 spiro atoms. The number of halogens is 1. The second-order valence-corrected chi connectivity index (χ2v) is 4.51. The highest BCUT2D eigenvalue weighted by molar-refractivity contribution is 7.12. The molecule has 0 aliphatic rings. The van der Waals surface area contributed by atoms with E-state index in [-0.39, 0.29) is 11.5 Å². The molecule has 2 heterocycles. The van der Waals surface area contributed by atoms with Crippen LogP contribution in [0.3, 0.4) is 0 Å². The molecule has 3 aromatic rings. The maximum atomic E-state index is 13.3. The molecule has 3 rings (SSSR count). The van der Waals surface area contributed by atoms with E-state index >= 15 is 0 Å². The normalized spacial score (nSPS) is 10.3. The zero-order valence-electron chi connectivity index (χ0n) is 9.49. The number of nitrogens with zero attached hydrogens (tertiary/aromatic N) is 5. The zero-order chi connectivity index (χ0) is 13.2. The minimum atomic E-state index is -0.381. The molecule has 0 amide bonds. The van der Waals surface area contributed by atoms with Crippen LogP contribution >= 0.6 is 11.3 Å². The minimum Gasteiger partial charge on any atom is -0.227 e. The van der Waals surface area contributed by atoms with Crippen LogP contribution in [0, 0.1) is 17.1 Å². The Morgan fingerprint density at radius 1 is 1.37 bits per heavy atom. The molecule has 0 saturated carbocycles. The van der Waals surface area contributed by atoms with E-state index in [0.717, 1.165) is 0 Å². The van der Waals surface area contributed by atoms with Gasteiger partial charge in [0, 0.05) is 17.1 Å². The van der Waals surface area contributed by atoms with Crippen LogP contribution in [-0.4, -0.2) is 20.0 Å². The number of benzene rings is 1. The molecule has 0 aliphatic heterocycles. The van der Waals surface area contributed by atoms with Crippen molar-refractivity contribution in [1.82, 2.24) is 20.0 Å². The third-order valence-corrected chi connectivity index (χ3v) is 3.22. The quantitative estimate of drug-likeness (QED) is 0.717. The van der Waals surface area contributed by atoms with Gasteiger partial charge in [0.05, 0.1) is 0 Å². The number of aromatic nitrogens is 4. The number of hydrogen-bond acceptors (Lipinski definition) is 5. The third kappa shape index (κ3) is 1.98. The predicted molar refractivity (Wildman–Crippen MR) is 67.1 cm³/mol. The molecule has 0 fully saturated rings. The molecule has 0 radical (unpaired) electrons. The molecule has 7 heteroatoms. The lowest BCUT2D eigenvalue weighted by Crippen LogP contribution is -1.99. The molecule has 0 N–H and O–H groups in total. The molecule has 1 aromatic carbocycles. The third-order valence-electron chi connectivity index (χ3n) is 2.47. The maximum Gasteiger partial charge on any atom is 0.212 e. The highest BCUT2D eigenvalue weighted by Gasteiger charge is 2.17. The monoisotopic (exact) mass is 271 g/mol. The molecule has 19 heavy (non-hydrogen) atoms. The molecular weight excluding hydrogens is 265 g/mol. The summed E-state index contributed by atoms with van der Waals surface area (Å²) in [4.78, 5) is 4.12. The van der Waals surface area contributed by atoms with Gasteiger partial charge >= 0.3 is 0 Å². The lowest BCUT2D eigenvalue weighted by Gasteiger charge is -2.03. The van der Waals surface area contributed by atoms with Gasteiger partial charge in [0.25, 0.3) is 0 Å². The second-order valence-electron chi connectivity index (χ2n) is 3.64. The van der Waals surface area contributed by atoms with Gasteiger partial charge in [0.2, 0.25) is 5.13 Å². The summed E-state index contributed by atoms with van der Waals surface area (Å²) in [5.74, 6) is -0.381. The van der Waals surface area contributed by atoms with Gasteiger partial charge < -0.3 is 0 Å². The SMILES string of the molecule is N#Cc1nnn(-c2nccs2)c1-c1cccc(F)c1. The van der Waals surface area contributed by atoms with Crippen LogP contribution in [0.1, 0.15) is 5.69 Å². The van der Waals surface area contributed by atoms with E-state index in [4.69, 9.17) is 5.26 Å². The van der Waals surface area contributed by atoms with Crippen LogP contribution in [0.15, 0.2) is 35.8 Å². The molecule has 0 atom stereocenters. The second kappa shape index (κ2) is 4.59. The molecule has 92 valence electrons. The molecule has 2 aromatic heterocycles. The molecule has 0 unspecified atom stereocenters. The van der Waals surface area contributed by atoms with Crippen molar-refractivity contribution < 1.29 is 4.39 Å². The van der Waals surface area contributed by atoms with Gasteiger partial charge in [0.1, 0.15) is 17.6 Å². The average molecular weight is 271 g/mol. The van der Waals surface area contributed by atoms with Gasteiger partial charge in [-0.3, -0.25) is 0 Å². The standard InChI is InChI=1S/C12H6FN5S/c13-9-3-1-2-8(6-9)11-10(7-14)16-17-18(11)12-15-4-5-19-12/h1-6H. The minimum absolute atomic E-state index is 0.140. The number of thiazole rings is 1. The Kier molecular flexibility index (Phi) is 2.78. The Morgan fingerprint density at radius 3 is 2.95 bits per heavy atom. The summed E-state index contributed by atoms with van der Waals surface area (Å²) in [6.07, 6.45) is 1.63. The summed E-state index contributed by atoms with van der Waals surface area (Å²) >= 11 is 1.36. The van der Waals surface area contributed by atoms with Crippen LogP contribution in [-0.2, 0) is 0 Å². The molecule has 0 bridgehead atoms. The van der Waals surface area contributed by atoms with Gasteiger partial charge in [-0.15, -0.1) is 16.4 Å². The highest BCUT2D eigenvalue weighted by atomic mass is 32.1. The van der Waals surface area contributed by atoms with E-state index in [1.807, 2.05) is 6.07 Å². The van der Waals surface area contributed by atoms with Crippen molar-refractivity contribution in [1.29, 1.82) is 5.26 Å². The van der Waals surface area contributed by atoms with Crippen molar-refractivity contribution in [3.63, 3.8) is 0 Å². The topological polar surface area (TPSA) is 67.4 Å². The van der Waals surface area contributed by atoms with E-state index < -0.39 is 0 Å². The fourth-order valence-electron chi connectivity index (χ4n) is 1.71. The largest absolute Gasteiger partial charge is 0.227 e. The van der Waals surface area contributed by atoms with Crippen molar-refractivity contribution >= 4 is 11.3 Å². The summed E-state index contributed by atoms with van der Waals surface area (Å²) in [5.41, 5.74) is 1.12. The summed E-state index contributed by atoms with van der Waals surface area (Å²) in [7, 11) is 0. The fraction of sp³-hybridized carbons (Fsp3) is 0. The highest BCUT2D eigenvalue weighted by Crippen LogP contribution is 2.26. The molecular formula is C12H6FN5S. The van der Waals surface area contributed by atoms with Gasteiger partial charge in [0.15, 0.2) is 5.69 Å². The van der Waals surface area contributed by atoms with Crippen molar-refractivity contribution in [3.05, 3.63) is 47.4 Å². The first-order chi connectivity index (χ1) is 9.29. The summed E-state index contributed by atoms with van der Waals surface area (Å²) in [5, 5.41) is 19.1. The molecule has 5 nitrogen and oxygen atoms in total. The van der Waals surface area contributed by atoms with E-state index in [9.17, 15) is 4.39 Å². The van der Waals surface area contributed by atoms with Crippen molar-refractivity contribution in [2.24, 2.45) is 0 Å². The van der Waals surface area contributed by atoms with Crippen molar-refractivity contribution in [2.75, 3.05) is 0 Å². The fourth-order valence-corrected chi connectivity index (χ4v) is 2.30. The van der Waals surface area contributed by atoms with Gasteiger partial charge in [-0.1, -0.05) is 17.3 Å². The van der Waals surface area contributed by atoms with Crippen LogP contribution in [0.4, 0.5) is 4.39 Å². The van der Waals surface area contributed by atoms with Crippen LogP contribution in [0.2, 0.25) is 0 Å². The molecule has 0 saturated heterocycles. The number of rotatable bonds is 2. The number of hydrogen-bond donors (Lipinski definition) is 0. The lowest BCUT2D eigenvalue weighted by molar-refractivity contribution is 0.628. The first-order valence-corrected chi connectivity index (χ1v) is 6.19.